The third-order valence-electron chi connectivity index (χ3n) is 5.83. The molecule has 152 valence electrons. The summed E-state index contributed by atoms with van der Waals surface area (Å²) in [5.41, 5.74) is 3.66. The Morgan fingerprint density at radius 3 is 2.55 bits per heavy atom. The Morgan fingerprint density at radius 2 is 1.86 bits per heavy atom. The number of fused-ring (bicyclic) bond motifs is 1. The summed E-state index contributed by atoms with van der Waals surface area (Å²) in [5.74, 6) is 0.414. The first-order valence-corrected chi connectivity index (χ1v) is 10.1. The molecule has 0 radical (unpaired) electrons. The first kappa shape index (κ1) is 19.6. The number of oxime groups is 1. The first-order valence-electron chi connectivity index (χ1n) is 10.1. The number of amides is 1. The van der Waals surface area contributed by atoms with Crippen LogP contribution in [0.25, 0.3) is 0 Å². The zero-order valence-corrected chi connectivity index (χ0v) is 16.7. The van der Waals surface area contributed by atoms with Crippen LogP contribution in [0.3, 0.4) is 0 Å². The molecule has 5 nitrogen and oxygen atoms in total. The Bertz CT molecular complexity index is 889. The van der Waals surface area contributed by atoms with Gasteiger partial charge in [0.15, 0.2) is 0 Å². The Morgan fingerprint density at radius 1 is 1.14 bits per heavy atom. The van der Waals surface area contributed by atoms with Crippen LogP contribution in [0.2, 0.25) is 0 Å². The van der Waals surface area contributed by atoms with Crippen LogP contribution in [0.15, 0.2) is 53.7 Å². The van der Waals surface area contributed by atoms with E-state index in [4.69, 9.17) is 4.84 Å². The molecular formula is C23H26FN3O2. The molecule has 4 rings (SSSR count). The van der Waals surface area contributed by atoms with E-state index in [2.05, 4.69) is 10.1 Å². The van der Waals surface area contributed by atoms with Gasteiger partial charge in [-0.25, -0.2) is 4.39 Å². The topological polar surface area (TPSA) is 45.1 Å². The van der Waals surface area contributed by atoms with Crippen molar-refractivity contribution in [1.82, 2.24) is 9.80 Å². The minimum absolute atomic E-state index is 0.161. The fraction of sp³-hybridized carbons (Fsp3) is 0.391. The molecule has 0 N–H and O–H groups in total. The number of benzene rings is 2. The van der Waals surface area contributed by atoms with Crippen molar-refractivity contribution in [2.45, 2.75) is 19.4 Å². The van der Waals surface area contributed by atoms with E-state index in [1.165, 1.54) is 19.2 Å². The molecule has 1 fully saturated rings. The lowest BCUT2D eigenvalue weighted by molar-refractivity contribution is 0.0719. The molecule has 1 saturated heterocycles. The molecule has 0 unspecified atom stereocenters. The van der Waals surface area contributed by atoms with Crippen molar-refractivity contribution in [1.29, 1.82) is 0 Å². The molecule has 6 heteroatoms. The molecule has 0 bridgehead atoms. The molecule has 2 aromatic carbocycles. The van der Waals surface area contributed by atoms with E-state index in [0.717, 1.165) is 61.4 Å². The highest BCUT2D eigenvalue weighted by atomic mass is 19.1. The molecule has 2 aromatic rings. The summed E-state index contributed by atoms with van der Waals surface area (Å²) in [6, 6.07) is 14.2. The van der Waals surface area contributed by atoms with Crippen LogP contribution in [0.4, 0.5) is 4.39 Å². The SMILES string of the molecule is CO/N=C(\CN1CCC(CN2Cc3ccccc3C2=O)CC1)c1ccc(F)cc1. The number of likely N-dealkylation sites (tertiary alicyclic amines) is 1. The van der Waals surface area contributed by atoms with Crippen LogP contribution in [0.5, 0.6) is 0 Å². The molecule has 2 aliphatic heterocycles. The largest absolute Gasteiger partial charge is 0.399 e. The van der Waals surface area contributed by atoms with E-state index in [9.17, 15) is 9.18 Å². The standard InChI is InChI=1S/C23H26FN3O2/c1-29-25-22(18-6-8-20(24)9-7-18)16-26-12-10-17(11-13-26)14-27-15-19-4-2-3-5-21(19)23(27)28/h2-9,17H,10-16H2,1H3/b25-22+. The number of hydrogen-bond acceptors (Lipinski definition) is 4. The van der Waals surface area contributed by atoms with Gasteiger partial charge in [-0.05, 0) is 55.6 Å². The molecule has 0 atom stereocenters. The van der Waals surface area contributed by atoms with Crippen LogP contribution in [-0.2, 0) is 11.4 Å². The quantitative estimate of drug-likeness (QED) is 0.555. The fourth-order valence-corrected chi connectivity index (χ4v) is 4.24. The predicted molar refractivity (Wildman–Crippen MR) is 110 cm³/mol. The van der Waals surface area contributed by atoms with E-state index in [1.54, 1.807) is 12.1 Å². The van der Waals surface area contributed by atoms with Gasteiger partial charge in [0.25, 0.3) is 5.91 Å². The Hall–Kier alpha value is -2.73. The minimum atomic E-state index is -0.259. The van der Waals surface area contributed by atoms with Gasteiger partial charge in [0.05, 0.1) is 0 Å². The van der Waals surface area contributed by atoms with Crippen molar-refractivity contribution in [2.24, 2.45) is 11.1 Å². The highest BCUT2D eigenvalue weighted by Crippen LogP contribution is 2.26. The number of nitrogens with zero attached hydrogens (tertiary/aromatic N) is 3. The lowest BCUT2D eigenvalue weighted by Gasteiger charge is -2.34. The van der Waals surface area contributed by atoms with Crippen LogP contribution in [-0.4, -0.2) is 54.7 Å². The van der Waals surface area contributed by atoms with Gasteiger partial charge in [0, 0.05) is 30.8 Å². The number of rotatable bonds is 6. The monoisotopic (exact) mass is 395 g/mol. The highest BCUT2D eigenvalue weighted by molar-refractivity contribution is 6.01. The average molecular weight is 395 g/mol. The van der Waals surface area contributed by atoms with Gasteiger partial charge in [-0.2, -0.15) is 0 Å². The number of hydrogen-bond donors (Lipinski definition) is 0. The smallest absolute Gasteiger partial charge is 0.254 e. The summed E-state index contributed by atoms with van der Waals surface area (Å²) in [6.07, 6.45) is 2.09. The Kier molecular flexibility index (Phi) is 5.90. The number of carbonyl (C=O) groups is 1. The first-order chi connectivity index (χ1) is 14.1. The van der Waals surface area contributed by atoms with Crippen molar-refractivity contribution in [3.63, 3.8) is 0 Å². The summed E-state index contributed by atoms with van der Waals surface area (Å²) < 4.78 is 13.2. The van der Waals surface area contributed by atoms with Crippen molar-refractivity contribution < 1.29 is 14.0 Å². The second kappa shape index (κ2) is 8.74. The normalized spacial score (nSPS) is 18.2. The van der Waals surface area contributed by atoms with E-state index >= 15 is 0 Å². The van der Waals surface area contributed by atoms with Crippen LogP contribution < -0.4 is 0 Å². The zero-order chi connectivity index (χ0) is 20.2. The van der Waals surface area contributed by atoms with Crippen LogP contribution in [0, 0.1) is 11.7 Å². The van der Waals surface area contributed by atoms with E-state index in [-0.39, 0.29) is 11.7 Å². The van der Waals surface area contributed by atoms with E-state index in [0.29, 0.717) is 12.5 Å². The van der Waals surface area contributed by atoms with Gasteiger partial charge in [-0.15, -0.1) is 0 Å². The third kappa shape index (κ3) is 4.48. The molecule has 0 spiro atoms. The van der Waals surface area contributed by atoms with Gasteiger partial charge in [0.2, 0.25) is 0 Å². The second-order valence-electron chi connectivity index (χ2n) is 7.79. The van der Waals surface area contributed by atoms with Gasteiger partial charge in [-0.1, -0.05) is 35.5 Å². The zero-order valence-electron chi connectivity index (χ0n) is 16.7. The number of carbonyl (C=O) groups excluding carboxylic acids is 1. The molecule has 0 aromatic heterocycles. The molecular weight excluding hydrogens is 369 g/mol. The molecule has 0 saturated carbocycles. The maximum absolute atomic E-state index is 13.2. The average Bonchev–Trinajstić information content (AvgIpc) is 3.05. The van der Waals surface area contributed by atoms with Gasteiger partial charge < -0.3 is 9.74 Å². The van der Waals surface area contributed by atoms with Crippen molar-refractivity contribution in [3.8, 4) is 0 Å². The molecule has 1 amide bonds. The maximum atomic E-state index is 13.2. The lowest BCUT2D eigenvalue weighted by Crippen LogP contribution is -2.41. The molecule has 2 aliphatic rings. The Balaban J connectivity index is 1.31. The van der Waals surface area contributed by atoms with Crippen molar-refractivity contribution in [3.05, 3.63) is 71.0 Å². The van der Waals surface area contributed by atoms with Gasteiger partial charge in [-0.3, -0.25) is 9.69 Å². The van der Waals surface area contributed by atoms with Crippen LogP contribution in [0.1, 0.15) is 34.3 Å². The maximum Gasteiger partial charge on any atom is 0.254 e. The minimum Gasteiger partial charge on any atom is -0.399 e. The number of piperidine rings is 1. The lowest BCUT2D eigenvalue weighted by atomic mass is 9.95. The summed E-state index contributed by atoms with van der Waals surface area (Å²) in [6.45, 7) is 4.11. The second-order valence-corrected chi connectivity index (χ2v) is 7.79. The molecule has 0 aliphatic carbocycles. The van der Waals surface area contributed by atoms with Crippen molar-refractivity contribution in [2.75, 3.05) is 33.3 Å². The van der Waals surface area contributed by atoms with E-state index < -0.39 is 0 Å². The fourth-order valence-electron chi connectivity index (χ4n) is 4.24. The number of halogens is 1. The Labute approximate surface area is 170 Å². The molecule has 2 heterocycles. The summed E-state index contributed by atoms with van der Waals surface area (Å²) in [7, 11) is 1.53. The van der Waals surface area contributed by atoms with E-state index in [1.807, 2.05) is 29.2 Å². The highest BCUT2D eigenvalue weighted by Gasteiger charge is 2.30. The summed E-state index contributed by atoms with van der Waals surface area (Å²) in [5, 5.41) is 4.15. The van der Waals surface area contributed by atoms with Gasteiger partial charge in [0.1, 0.15) is 18.6 Å². The van der Waals surface area contributed by atoms with Crippen LogP contribution >= 0.6 is 0 Å². The predicted octanol–water partition coefficient (Wildman–Crippen LogP) is 3.54. The van der Waals surface area contributed by atoms with Crippen molar-refractivity contribution >= 4 is 11.6 Å². The van der Waals surface area contributed by atoms with Gasteiger partial charge >= 0.3 is 0 Å². The third-order valence-corrected chi connectivity index (χ3v) is 5.83. The summed E-state index contributed by atoms with van der Waals surface area (Å²) in [4.78, 5) is 21.9. The summed E-state index contributed by atoms with van der Waals surface area (Å²) >= 11 is 0. The molecule has 29 heavy (non-hydrogen) atoms.